The van der Waals surface area contributed by atoms with E-state index in [2.05, 4.69) is 0 Å². The summed E-state index contributed by atoms with van der Waals surface area (Å²) < 4.78 is 30.9. The van der Waals surface area contributed by atoms with E-state index < -0.39 is 10.1 Å². The number of aromatic hydroxyl groups is 1. The molecule has 0 aliphatic rings. The van der Waals surface area contributed by atoms with Gasteiger partial charge in [-0.25, -0.2) is 0 Å². The second-order valence-corrected chi connectivity index (χ2v) is 6.02. The maximum atomic E-state index is 10.8. The Morgan fingerprint density at radius 3 is 2.50 bits per heavy atom. The quantitative estimate of drug-likeness (QED) is 0.554. The van der Waals surface area contributed by atoms with Crippen molar-refractivity contribution >= 4 is 43.1 Å². The van der Waals surface area contributed by atoms with Gasteiger partial charge in [-0.2, -0.15) is 8.42 Å². The van der Waals surface area contributed by atoms with Crippen molar-refractivity contribution in [2.75, 3.05) is 0 Å². The van der Waals surface area contributed by atoms with Crippen molar-refractivity contribution in [2.45, 2.75) is 4.21 Å². The number of thiophene rings is 1. The largest absolute Gasteiger partial charge is 1.00 e. The molecule has 0 unspecified atom stereocenters. The van der Waals surface area contributed by atoms with Gasteiger partial charge < -0.3 is 6.53 Å². The molecule has 4 nitrogen and oxygen atoms in total. The zero-order valence-corrected chi connectivity index (χ0v) is 12.5. The van der Waals surface area contributed by atoms with Gasteiger partial charge in [0.25, 0.3) is 0 Å². The van der Waals surface area contributed by atoms with Crippen molar-refractivity contribution in [3.63, 3.8) is 0 Å². The van der Waals surface area contributed by atoms with Gasteiger partial charge in [-0.05, 0) is 23.6 Å². The van der Waals surface area contributed by atoms with Crippen LogP contribution in [-0.4, -0.2) is 18.1 Å². The average Bonchev–Trinajstić information content (AvgIpc) is 2.47. The van der Waals surface area contributed by atoms with Crippen molar-refractivity contribution in [3.05, 3.63) is 23.2 Å². The van der Waals surface area contributed by atoms with Gasteiger partial charge >= 0.3 is 39.7 Å². The second kappa shape index (κ2) is 4.81. The van der Waals surface area contributed by atoms with Gasteiger partial charge in [0.2, 0.25) is 0 Å². The monoisotopic (exact) mass is 288 g/mol. The van der Waals surface area contributed by atoms with Crippen LogP contribution in [0.15, 0.2) is 22.4 Å². The molecule has 2 aromatic rings. The molecule has 0 atom stereocenters. The fourth-order valence-corrected chi connectivity index (χ4v) is 3.10. The van der Waals surface area contributed by atoms with E-state index >= 15 is 0 Å². The van der Waals surface area contributed by atoms with E-state index in [-0.39, 0.29) is 46.0 Å². The molecular weight excluding hydrogens is 283 g/mol. The maximum Gasteiger partial charge on any atom is 1.00 e. The molecule has 0 spiro atoms. The zero-order chi connectivity index (χ0) is 11.2. The molecule has 2 rings (SSSR count). The van der Waals surface area contributed by atoms with E-state index in [1.807, 2.05) is 0 Å². The molecule has 0 aliphatic heterocycles. The molecule has 2 N–H and O–H groups in total. The summed E-state index contributed by atoms with van der Waals surface area (Å²) in [6.07, 6.45) is 0. The molecule has 0 fully saturated rings. The first-order valence-electron chi connectivity index (χ1n) is 3.77. The number of halogens is 1. The third-order valence-corrected chi connectivity index (χ3v) is 4.52. The molecule has 1 aromatic heterocycles. The van der Waals surface area contributed by atoms with Crippen LogP contribution in [0.25, 0.3) is 10.1 Å². The number of rotatable bonds is 1. The molecule has 16 heavy (non-hydrogen) atoms. The first-order valence-corrected chi connectivity index (χ1v) is 6.41. The summed E-state index contributed by atoms with van der Waals surface area (Å²) in [5.74, 6) is -0.118. The summed E-state index contributed by atoms with van der Waals surface area (Å²) in [6, 6.07) is 4.11. The summed E-state index contributed by atoms with van der Waals surface area (Å²) in [5, 5.41) is 10.00. The summed E-state index contributed by atoms with van der Waals surface area (Å²) in [7, 11) is -4.20. The Balaban J connectivity index is 0.00000128. The van der Waals surface area contributed by atoms with E-state index in [1.165, 1.54) is 18.2 Å². The van der Waals surface area contributed by atoms with Gasteiger partial charge in [0.05, 0.1) is 5.02 Å². The van der Waals surface area contributed by atoms with Crippen molar-refractivity contribution in [1.82, 2.24) is 0 Å². The molecule has 0 amide bonds. The fraction of sp³-hybridized carbons (Fsp3) is 0. The Bertz CT molecular complexity index is 601. The Kier molecular flexibility index (Phi) is 4.29. The maximum absolute atomic E-state index is 10.8. The van der Waals surface area contributed by atoms with Gasteiger partial charge in [-0.3, -0.25) is 4.55 Å². The van der Waals surface area contributed by atoms with Crippen LogP contribution in [0.1, 0.15) is 1.43 Å². The van der Waals surface area contributed by atoms with E-state index in [1.54, 1.807) is 0 Å². The average molecular weight is 289 g/mol. The van der Waals surface area contributed by atoms with Crippen LogP contribution < -0.4 is 29.6 Å². The standard InChI is InChI=1S/C8H5ClO4S2.Na.H/c9-5-1-4-2-8(15(11,12)13)14-7(4)3-6(5)10;;/h1-3,10H,(H,11,12,13);;/q;+1;-1. The number of hydrogen-bond acceptors (Lipinski definition) is 4. The van der Waals surface area contributed by atoms with Crippen molar-refractivity contribution in [1.29, 1.82) is 0 Å². The Morgan fingerprint density at radius 1 is 1.31 bits per heavy atom. The van der Waals surface area contributed by atoms with Crippen molar-refractivity contribution in [2.24, 2.45) is 0 Å². The predicted molar refractivity (Wildman–Crippen MR) is 59.4 cm³/mol. The minimum Gasteiger partial charge on any atom is -1.00 e. The first-order chi connectivity index (χ1) is 6.88. The topological polar surface area (TPSA) is 74.6 Å². The number of fused-ring (bicyclic) bond motifs is 1. The SMILES string of the molecule is O=S(=O)(O)c1cc2cc(Cl)c(O)cc2s1.[H-].[Na+]. The molecule has 0 saturated heterocycles. The van der Waals surface area contributed by atoms with Crippen molar-refractivity contribution < 1.29 is 49.1 Å². The van der Waals surface area contributed by atoms with Gasteiger partial charge in [-0.1, -0.05) is 11.6 Å². The smallest absolute Gasteiger partial charge is 1.00 e. The number of hydrogen-bond donors (Lipinski definition) is 2. The Hall–Kier alpha value is 0.180. The van der Waals surface area contributed by atoms with Crippen LogP contribution in [0.2, 0.25) is 5.02 Å². The van der Waals surface area contributed by atoms with E-state index in [0.717, 1.165) is 11.3 Å². The zero-order valence-electron chi connectivity index (χ0n) is 9.14. The normalized spacial score (nSPS) is 11.4. The summed E-state index contributed by atoms with van der Waals surface area (Å²) in [6.45, 7) is 0. The van der Waals surface area contributed by atoms with Crippen LogP contribution in [0.3, 0.4) is 0 Å². The fourth-order valence-electron chi connectivity index (χ4n) is 1.15. The van der Waals surface area contributed by atoms with Crippen LogP contribution in [0.5, 0.6) is 5.75 Å². The third kappa shape index (κ3) is 2.70. The number of benzene rings is 1. The van der Waals surface area contributed by atoms with E-state index in [4.69, 9.17) is 16.2 Å². The summed E-state index contributed by atoms with van der Waals surface area (Å²) in [4.78, 5) is 0. The van der Waals surface area contributed by atoms with Crippen LogP contribution >= 0.6 is 22.9 Å². The van der Waals surface area contributed by atoms with Crippen LogP contribution in [0.4, 0.5) is 0 Å². The molecule has 0 aliphatic carbocycles. The van der Waals surface area contributed by atoms with Crippen LogP contribution in [0, 0.1) is 0 Å². The molecule has 1 aromatic carbocycles. The molecule has 1 heterocycles. The first kappa shape index (κ1) is 14.2. The summed E-state index contributed by atoms with van der Waals surface area (Å²) >= 11 is 6.52. The van der Waals surface area contributed by atoms with Gasteiger partial charge in [0.1, 0.15) is 9.96 Å². The molecule has 0 bridgehead atoms. The van der Waals surface area contributed by atoms with E-state index in [9.17, 15) is 13.5 Å². The molecule has 8 heteroatoms. The molecule has 82 valence electrons. The van der Waals surface area contributed by atoms with Crippen LogP contribution in [-0.2, 0) is 10.1 Å². The molecular formula is C8H6ClNaO4S2. The van der Waals surface area contributed by atoms with Gasteiger partial charge in [-0.15, -0.1) is 11.3 Å². The van der Waals surface area contributed by atoms with Gasteiger partial charge in [0, 0.05) is 4.70 Å². The minimum atomic E-state index is -4.20. The second-order valence-electron chi connectivity index (χ2n) is 2.88. The molecule has 0 saturated carbocycles. The third-order valence-electron chi connectivity index (χ3n) is 1.82. The van der Waals surface area contributed by atoms with E-state index in [0.29, 0.717) is 10.1 Å². The number of phenolic OH excluding ortho intramolecular Hbond substituents is 1. The minimum absolute atomic E-state index is 0. The Labute approximate surface area is 124 Å². The summed E-state index contributed by atoms with van der Waals surface area (Å²) in [5.41, 5.74) is 0. The molecule has 0 radical (unpaired) electrons. The predicted octanol–water partition coefficient (Wildman–Crippen LogP) is -0.377. The van der Waals surface area contributed by atoms with Gasteiger partial charge in [0.15, 0.2) is 0 Å². The van der Waals surface area contributed by atoms with Crippen molar-refractivity contribution in [3.8, 4) is 5.75 Å². The Morgan fingerprint density at radius 2 is 1.94 bits per heavy atom. The number of phenols is 1.